The van der Waals surface area contributed by atoms with Crippen molar-refractivity contribution in [1.29, 1.82) is 0 Å². The number of aromatic nitrogens is 2. The minimum Gasteiger partial charge on any atom is -0.307 e. The molecule has 8 rings (SSSR count). The maximum atomic E-state index is 2.60. The number of fused-ring (bicyclic) bond motifs is 7. The first-order valence-electron chi connectivity index (χ1n) is 13.1. The van der Waals surface area contributed by atoms with Crippen molar-refractivity contribution in [3.63, 3.8) is 0 Å². The molecule has 3 aromatic heterocycles. The van der Waals surface area contributed by atoms with Gasteiger partial charge in [0.1, 0.15) is 7.05 Å². The highest BCUT2D eigenvalue weighted by molar-refractivity contribution is 6.29. The van der Waals surface area contributed by atoms with E-state index in [2.05, 4.69) is 96.7 Å². The summed E-state index contributed by atoms with van der Waals surface area (Å²) < 4.78 is 4.98. The zero-order valence-electron chi connectivity index (χ0n) is 20.7. The molecule has 7 aromatic rings. The summed E-state index contributed by atoms with van der Waals surface area (Å²) in [5.74, 6) is 0.669. The van der Waals surface area contributed by atoms with Crippen LogP contribution in [-0.2, 0) is 7.05 Å². The first-order valence-corrected chi connectivity index (χ1v) is 13.1. The van der Waals surface area contributed by atoms with Gasteiger partial charge >= 0.3 is 0 Å². The molecule has 1 aliphatic rings. The van der Waals surface area contributed by atoms with Crippen LogP contribution in [0.25, 0.3) is 59.8 Å². The highest BCUT2D eigenvalue weighted by Crippen LogP contribution is 2.47. The van der Waals surface area contributed by atoms with Crippen LogP contribution >= 0.6 is 0 Å². The summed E-state index contributed by atoms with van der Waals surface area (Å²) in [6, 6.07) is 22.9. The second-order valence-electron chi connectivity index (χ2n) is 10.8. The van der Waals surface area contributed by atoms with Gasteiger partial charge in [0, 0.05) is 16.8 Å². The van der Waals surface area contributed by atoms with Crippen LogP contribution in [0.3, 0.4) is 0 Å². The average molecular weight is 454 g/mol. The number of benzene rings is 4. The molecule has 4 aromatic carbocycles. The van der Waals surface area contributed by atoms with Crippen molar-refractivity contribution >= 4 is 59.8 Å². The monoisotopic (exact) mass is 453 g/mol. The predicted molar refractivity (Wildman–Crippen MR) is 148 cm³/mol. The van der Waals surface area contributed by atoms with Crippen molar-refractivity contribution in [1.82, 2.24) is 4.40 Å². The fourth-order valence-electron chi connectivity index (χ4n) is 7.46. The van der Waals surface area contributed by atoms with Crippen molar-refractivity contribution in [3.8, 4) is 0 Å². The second kappa shape index (κ2) is 6.73. The van der Waals surface area contributed by atoms with Crippen molar-refractivity contribution in [2.45, 2.75) is 45.4 Å². The van der Waals surface area contributed by atoms with Crippen LogP contribution in [0, 0.1) is 13.8 Å². The van der Waals surface area contributed by atoms with Crippen molar-refractivity contribution in [3.05, 3.63) is 83.6 Å². The third-order valence-corrected chi connectivity index (χ3v) is 9.04. The Morgan fingerprint density at radius 3 is 2.17 bits per heavy atom. The molecule has 0 saturated heterocycles. The Kier molecular flexibility index (Phi) is 3.77. The molecule has 3 heterocycles. The quantitative estimate of drug-likeness (QED) is 0.134. The third-order valence-electron chi connectivity index (χ3n) is 9.04. The van der Waals surface area contributed by atoms with Crippen molar-refractivity contribution in [2.75, 3.05) is 0 Å². The Morgan fingerprint density at radius 2 is 1.40 bits per heavy atom. The number of rotatable bonds is 1. The standard InChI is InChI=1S/C33H29N2/c1-19-22-12-6-7-13-23(22)20(2)31-29(19)33-30-25(16-17-34(33)3)26(21-10-4-5-11-21)18-27-24-14-8-9-15-28(24)35(31)32(27)30/h6-9,12-18,21H,4-5,10-11H2,1-3H3/q+1. The zero-order chi connectivity index (χ0) is 23.4. The lowest BCUT2D eigenvalue weighted by Crippen LogP contribution is -2.29. The molecule has 1 saturated carbocycles. The van der Waals surface area contributed by atoms with E-state index < -0.39 is 0 Å². The van der Waals surface area contributed by atoms with E-state index >= 15 is 0 Å². The van der Waals surface area contributed by atoms with E-state index in [0.29, 0.717) is 5.92 Å². The van der Waals surface area contributed by atoms with E-state index in [1.54, 1.807) is 5.56 Å². The molecule has 170 valence electrons. The molecule has 0 spiro atoms. The number of hydrogen-bond acceptors (Lipinski definition) is 0. The van der Waals surface area contributed by atoms with Gasteiger partial charge in [-0.3, -0.25) is 0 Å². The van der Waals surface area contributed by atoms with E-state index in [1.165, 1.54) is 96.6 Å². The number of nitrogens with zero attached hydrogens (tertiary/aromatic N) is 2. The van der Waals surface area contributed by atoms with Crippen molar-refractivity contribution < 1.29 is 4.57 Å². The molecule has 0 amide bonds. The van der Waals surface area contributed by atoms with Crippen molar-refractivity contribution in [2.24, 2.45) is 7.05 Å². The summed E-state index contributed by atoms with van der Waals surface area (Å²) in [5.41, 5.74) is 9.76. The van der Waals surface area contributed by atoms with Crippen LogP contribution in [0.2, 0.25) is 0 Å². The lowest BCUT2D eigenvalue weighted by molar-refractivity contribution is -0.643. The summed E-state index contributed by atoms with van der Waals surface area (Å²) in [7, 11) is 2.23. The Balaban J connectivity index is 1.78. The molecule has 0 aliphatic heterocycles. The maximum Gasteiger partial charge on any atom is 0.224 e. The van der Waals surface area contributed by atoms with Gasteiger partial charge in [0.15, 0.2) is 6.20 Å². The molecule has 0 N–H and O–H groups in total. The second-order valence-corrected chi connectivity index (χ2v) is 10.8. The van der Waals surface area contributed by atoms with E-state index in [1.807, 2.05) is 0 Å². The summed E-state index contributed by atoms with van der Waals surface area (Å²) in [6.07, 6.45) is 7.64. The fraction of sp³-hybridized carbons (Fsp3) is 0.242. The van der Waals surface area contributed by atoms with Gasteiger partial charge < -0.3 is 4.40 Å². The molecule has 2 heteroatoms. The first kappa shape index (κ1) is 19.6. The maximum absolute atomic E-state index is 2.60. The van der Waals surface area contributed by atoms with Crippen LogP contribution in [0.1, 0.15) is 48.3 Å². The summed E-state index contributed by atoms with van der Waals surface area (Å²) in [5, 5.41) is 9.80. The highest BCUT2D eigenvalue weighted by atomic mass is 15.0. The SMILES string of the molecule is Cc1c2ccccc2c(C)c2c1c1c3c(cc[n+]1C)c(C1CCCC1)cc1c4ccccc4n2c13. The van der Waals surface area contributed by atoms with Gasteiger partial charge in [-0.05, 0) is 77.6 Å². The van der Waals surface area contributed by atoms with Gasteiger partial charge in [-0.2, -0.15) is 0 Å². The van der Waals surface area contributed by atoms with Crippen LogP contribution in [0.15, 0.2) is 66.9 Å². The lowest BCUT2D eigenvalue weighted by atomic mass is 9.88. The van der Waals surface area contributed by atoms with Gasteiger partial charge in [0.2, 0.25) is 5.52 Å². The molecule has 0 radical (unpaired) electrons. The Labute approximate surface area is 204 Å². The van der Waals surface area contributed by atoms with Gasteiger partial charge in [-0.15, -0.1) is 0 Å². The average Bonchev–Trinajstić information content (AvgIpc) is 3.54. The van der Waals surface area contributed by atoms with Crippen LogP contribution in [-0.4, -0.2) is 4.40 Å². The Bertz CT molecular complexity index is 1980. The number of para-hydroxylation sites is 1. The third kappa shape index (κ3) is 2.33. The van der Waals surface area contributed by atoms with Gasteiger partial charge in [0.25, 0.3) is 0 Å². The molecule has 1 aliphatic carbocycles. The first-order chi connectivity index (χ1) is 17.1. The molecular weight excluding hydrogens is 424 g/mol. The van der Waals surface area contributed by atoms with Crippen LogP contribution < -0.4 is 4.57 Å². The minimum absolute atomic E-state index is 0.669. The molecule has 1 fully saturated rings. The normalized spacial score (nSPS) is 15.3. The molecule has 0 bridgehead atoms. The lowest BCUT2D eigenvalue weighted by Gasteiger charge is -2.19. The van der Waals surface area contributed by atoms with E-state index in [4.69, 9.17) is 0 Å². The molecule has 2 nitrogen and oxygen atoms in total. The molecule has 0 atom stereocenters. The van der Waals surface area contributed by atoms with E-state index in [9.17, 15) is 0 Å². The smallest absolute Gasteiger partial charge is 0.224 e. The summed E-state index contributed by atoms with van der Waals surface area (Å²) >= 11 is 0. The van der Waals surface area contributed by atoms with E-state index in [0.717, 1.165) is 0 Å². The Hall–Kier alpha value is -3.65. The predicted octanol–water partition coefficient (Wildman–Crippen LogP) is 8.24. The molecule has 0 unspecified atom stereocenters. The molecule has 35 heavy (non-hydrogen) atoms. The number of aryl methyl sites for hydroxylation is 3. The van der Waals surface area contributed by atoms with Gasteiger partial charge in [0.05, 0.1) is 27.3 Å². The highest BCUT2D eigenvalue weighted by Gasteiger charge is 2.29. The topological polar surface area (TPSA) is 8.29 Å². The Morgan fingerprint density at radius 1 is 0.714 bits per heavy atom. The van der Waals surface area contributed by atoms with Crippen LogP contribution in [0.4, 0.5) is 0 Å². The van der Waals surface area contributed by atoms with Gasteiger partial charge in [-0.1, -0.05) is 55.3 Å². The molecular formula is C33H29N2+. The van der Waals surface area contributed by atoms with E-state index in [-0.39, 0.29) is 0 Å². The fourth-order valence-corrected chi connectivity index (χ4v) is 7.46. The minimum atomic E-state index is 0.669. The summed E-state index contributed by atoms with van der Waals surface area (Å²) in [4.78, 5) is 0. The van der Waals surface area contributed by atoms with Gasteiger partial charge in [-0.25, -0.2) is 4.57 Å². The van der Waals surface area contributed by atoms with Crippen LogP contribution in [0.5, 0.6) is 0 Å². The zero-order valence-corrected chi connectivity index (χ0v) is 20.7. The number of pyridine rings is 2. The summed E-state index contributed by atoms with van der Waals surface area (Å²) in [6.45, 7) is 4.65. The number of hydrogen-bond donors (Lipinski definition) is 0. The largest absolute Gasteiger partial charge is 0.307 e.